The van der Waals surface area contributed by atoms with Crippen molar-refractivity contribution >= 4 is 0 Å². The van der Waals surface area contributed by atoms with Crippen molar-refractivity contribution < 1.29 is 0 Å². The minimum Gasteiger partial charge on any atom is -0.0799 e. The van der Waals surface area contributed by atoms with Crippen LogP contribution in [0, 0.1) is 0 Å². The number of hydrogen-bond acceptors (Lipinski definition) is 0. The average molecular weight is 186 g/mol. The Kier molecular flexibility index (Phi) is 4.18. The second-order valence-electron chi connectivity index (χ2n) is 3.78. The minimum atomic E-state index is 1.02. The van der Waals surface area contributed by atoms with Crippen molar-refractivity contribution in [1.82, 2.24) is 0 Å². The van der Waals surface area contributed by atoms with Crippen LogP contribution in [-0.4, -0.2) is 0 Å². The predicted octanol–water partition coefficient (Wildman–Crippen LogP) is 4.14. The quantitative estimate of drug-likeness (QED) is 0.622. The lowest BCUT2D eigenvalue weighted by Crippen LogP contribution is -1.79. The molecule has 0 atom stereocenters. The summed E-state index contributed by atoms with van der Waals surface area (Å²) in [4.78, 5) is 0. The Balaban J connectivity index is 2.54. The van der Waals surface area contributed by atoms with Crippen LogP contribution < -0.4 is 0 Å². The standard InChI is InChI=1S/C14H18/c1-12(2)13(3)8-7-11-14-9-5-4-6-10-14/h4-10H,11H2,1-3H3/b8-7+. The smallest absolute Gasteiger partial charge is 0.00942 e. The third-order valence-electron chi connectivity index (χ3n) is 2.35. The lowest BCUT2D eigenvalue weighted by atomic mass is 10.1. The molecule has 0 saturated heterocycles. The van der Waals surface area contributed by atoms with Gasteiger partial charge >= 0.3 is 0 Å². The molecule has 0 aliphatic rings. The first kappa shape index (κ1) is 10.8. The van der Waals surface area contributed by atoms with Crippen LogP contribution in [0.3, 0.4) is 0 Å². The molecule has 0 aliphatic carbocycles. The topological polar surface area (TPSA) is 0 Å². The summed E-state index contributed by atoms with van der Waals surface area (Å²) in [6.07, 6.45) is 5.44. The molecule has 0 radical (unpaired) electrons. The molecule has 1 aromatic rings. The highest BCUT2D eigenvalue weighted by atomic mass is 13.9. The van der Waals surface area contributed by atoms with Gasteiger partial charge in [-0.1, -0.05) is 53.6 Å². The largest absolute Gasteiger partial charge is 0.0799 e. The third kappa shape index (κ3) is 3.61. The monoisotopic (exact) mass is 186 g/mol. The molecule has 0 heteroatoms. The molecule has 0 heterocycles. The number of rotatable bonds is 3. The van der Waals surface area contributed by atoms with Crippen LogP contribution in [0.2, 0.25) is 0 Å². The Morgan fingerprint density at radius 1 is 1.07 bits per heavy atom. The van der Waals surface area contributed by atoms with Crippen molar-refractivity contribution in [2.75, 3.05) is 0 Å². The van der Waals surface area contributed by atoms with E-state index in [1.54, 1.807) is 0 Å². The molecule has 0 saturated carbocycles. The summed E-state index contributed by atoms with van der Waals surface area (Å²) in [7, 11) is 0. The van der Waals surface area contributed by atoms with E-state index in [1.807, 2.05) is 0 Å². The van der Waals surface area contributed by atoms with E-state index in [0.29, 0.717) is 0 Å². The van der Waals surface area contributed by atoms with E-state index >= 15 is 0 Å². The van der Waals surface area contributed by atoms with E-state index in [-0.39, 0.29) is 0 Å². The molecule has 1 rings (SSSR count). The Morgan fingerprint density at radius 2 is 1.71 bits per heavy atom. The van der Waals surface area contributed by atoms with Gasteiger partial charge in [0.25, 0.3) is 0 Å². The second kappa shape index (κ2) is 5.43. The summed E-state index contributed by atoms with van der Waals surface area (Å²) in [5.41, 5.74) is 4.11. The molecular weight excluding hydrogens is 168 g/mol. The number of hydrogen-bond donors (Lipinski definition) is 0. The maximum atomic E-state index is 2.22. The normalized spacial score (nSPS) is 10.5. The summed E-state index contributed by atoms with van der Waals surface area (Å²) in [6, 6.07) is 10.5. The summed E-state index contributed by atoms with van der Waals surface area (Å²) in [5, 5.41) is 0. The van der Waals surface area contributed by atoms with Crippen LogP contribution in [0.4, 0.5) is 0 Å². The van der Waals surface area contributed by atoms with Gasteiger partial charge < -0.3 is 0 Å². The van der Waals surface area contributed by atoms with Gasteiger partial charge in [-0.15, -0.1) is 0 Å². The van der Waals surface area contributed by atoms with Gasteiger partial charge in [-0.3, -0.25) is 0 Å². The van der Waals surface area contributed by atoms with Crippen LogP contribution in [0.1, 0.15) is 26.3 Å². The van der Waals surface area contributed by atoms with Gasteiger partial charge in [-0.25, -0.2) is 0 Å². The molecule has 0 spiro atoms. The molecule has 0 nitrogen and oxygen atoms in total. The van der Waals surface area contributed by atoms with E-state index in [0.717, 1.165) is 6.42 Å². The first-order chi connectivity index (χ1) is 6.70. The third-order valence-corrected chi connectivity index (χ3v) is 2.35. The highest BCUT2D eigenvalue weighted by Crippen LogP contribution is 2.05. The summed E-state index contributed by atoms with van der Waals surface area (Å²) >= 11 is 0. The fourth-order valence-corrected chi connectivity index (χ4v) is 1.15. The lowest BCUT2D eigenvalue weighted by molar-refractivity contribution is 1.24. The molecule has 0 unspecified atom stereocenters. The highest BCUT2D eigenvalue weighted by molar-refractivity contribution is 5.24. The molecule has 0 aliphatic heterocycles. The fraction of sp³-hybridized carbons (Fsp3) is 0.286. The van der Waals surface area contributed by atoms with Crippen LogP contribution in [0.25, 0.3) is 0 Å². The van der Waals surface area contributed by atoms with E-state index in [2.05, 4.69) is 63.3 Å². The SMILES string of the molecule is CC(C)=C(C)/C=C/Cc1ccccc1. The zero-order valence-corrected chi connectivity index (χ0v) is 9.25. The van der Waals surface area contributed by atoms with E-state index < -0.39 is 0 Å². The van der Waals surface area contributed by atoms with Crippen molar-refractivity contribution in [1.29, 1.82) is 0 Å². The first-order valence-corrected chi connectivity index (χ1v) is 5.04. The fourth-order valence-electron chi connectivity index (χ4n) is 1.15. The Labute approximate surface area is 87.0 Å². The van der Waals surface area contributed by atoms with E-state index in [4.69, 9.17) is 0 Å². The first-order valence-electron chi connectivity index (χ1n) is 5.04. The van der Waals surface area contributed by atoms with Crippen LogP contribution >= 0.6 is 0 Å². The number of benzene rings is 1. The second-order valence-corrected chi connectivity index (χ2v) is 3.78. The molecule has 0 N–H and O–H groups in total. The zero-order valence-electron chi connectivity index (χ0n) is 9.25. The van der Waals surface area contributed by atoms with Gasteiger partial charge in [0.15, 0.2) is 0 Å². The van der Waals surface area contributed by atoms with Crippen molar-refractivity contribution in [3.05, 3.63) is 59.2 Å². The average Bonchev–Trinajstić information content (AvgIpc) is 2.19. The maximum Gasteiger partial charge on any atom is -0.00942 e. The van der Waals surface area contributed by atoms with Gasteiger partial charge in [-0.2, -0.15) is 0 Å². The molecular formula is C14H18. The molecule has 0 bridgehead atoms. The van der Waals surface area contributed by atoms with Crippen molar-refractivity contribution in [2.45, 2.75) is 27.2 Å². The van der Waals surface area contributed by atoms with Crippen molar-refractivity contribution in [2.24, 2.45) is 0 Å². The van der Waals surface area contributed by atoms with Gasteiger partial charge in [-0.05, 0) is 32.8 Å². The minimum absolute atomic E-state index is 1.02. The Hall–Kier alpha value is -1.30. The van der Waals surface area contributed by atoms with Gasteiger partial charge in [0.1, 0.15) is 0 Å². The molecule has 0 fully saturated rings. The molecule has 0 aromatic heterocycles. The molecule has 74 valence electrons. The van der Waals surface area contributed by atoms with Crippen molar-refractivity contribution in [3.8, 4) is 0 Å². The Morgan fingerprint density at radius 3 is 2.29 bits per heavy atom. The number of allylic oxidation sites excluding steroid dienone is 4. The maximum absolute atomic E-state index is 2.22. The highest BCUT2D eigenvalue weighted by Gasteiger charge is 1.87. The summed E-state index contributed by atoms with van der Waals surface area (Å²) in [6.45, 7) is 6.43. The van der Waals surface area contributed by atoms with E-state index in [1.165, 1.54) is 16.7 Å². The summed E-state index contributed by atoms with van der Waals surface area (Å²) < 4.78 is 0. The van der Waals surface area contributed by atoms with Crippen LogP contribution in [0.5, 0.6) is 0 Å². The predicted molar refractivity (Wildman–Crippen MR) is 63.3 cm³/mol. The summed E-state index contributed by atoms with van der Waals surface area (Å²) in [5.74, 6) is 0. The molecule has 1 aromatic carbocycles. The van der Waals surface area contributed by atoms with Gasteiger partial charge in [0.2, 0.25) is 0 Å². The Bertz CT molecular complexity index is 324. The van der Waals surface area contributed by atoms with Crippen molar-refractivity contribution in [3.63, 3.8) is 0 Å². The van der Waals surface area contributed by atoms with Crippen LogP contribution in [-0.2, 0) is 6.42 Å². The lowest BCUT2D eigenvalue weighted by Gasteiger charge is -1.96. The van der Waals surface area contributed by atoms with Crippen LogP contribution in [0.15, 0.2) is 53.6 Å². The molecule has 14 heavy (non-hydrogen) atoms. The zero-order chi connectivity index (χ0) is 10.4. The van der Waals surface area contributed by atoms with Gasteiger partial charge in [0, 0.05) is 0 Å². The van der Waals surface area contributed by atoms with Gasteiger partial charge in [0.05, 0.1) is 0 Å². The molecule has 0 amide bonds. The van der Waals surface area contributed by atoms with E-state index in [9.17, 15) is 0 Å².